The lowest BCUT2D eigenvalue weighted by molar-refractivity contribution is 0.102. The Morgan fingerprint density at radius 2 is 1.90 bits per heavy atom. The van der Waals surface area contributed by atoms with Crippen molar-refractivity contribution in [2.75, 3.05) is 5.32 Å². The molecular weight excluding hydrogens is 390 g/mol. The molecule has 8 heteroatoms. The zero-order valence-corrected chi connectivity index (χ0v) is 16.6. The number of amides is 1. The highest BCUT2D eigenvalue weighted by molar-refractivity contribution is 6.32. The van der Waals surface area contributed by atoms with Crippen LogP contribution < -0.4 is 10.9 Å². The number of carbonyl (C=O) groups is 1. The SMILES string of the molecule is CC(C)n1nc(C(=O)Nc2ccc(-n3ccnc3)c(Cl)c2)c2ccccc2c1=O. The van der Waals surface area contributed by atoms with E-state index in [1.807, 2.05) is 13.8 Å². The van der Waals surface area contributed by atoms with E-state index in [0.29, 0.717) is 21.5 Å². The van der Waals surface area contributed by atoms with E-state index in [0.717, 1.165) is 5.69 Å². The second-order valence-corrected chi connectivity index (χ2v) is 7.24. The zero-order valence-electron chi connectivity index (χ0n) is 15.8. The van der Waals surface area contributed by atoms with Crippen molar-refractivity contribution in [2.45, 2.75) is 19.9 Å². The van der Waals surface area contributed by atoms with Crippen molar-refractivity contribution >= 4 is 34.0 Å². The van der Waals surface area contributed by atoms with Crippen LogP contribution in [0.15, 0.2) is 66.0 Å². The molecule has 0 aliphatic carbocycles. The average molecular weight is 408 g/mol. The first kappa shape index (κ1) is 18.9. The highest BCUT2D eigenvalue weighted by Crippen LogP contribution is 2.25. The molecule has 7 nitrogen and oxygen atoms in total. The van der Waals surface area contributed by atoms with Crippen LogP contribution in [0.2, 0.25) is 5.02 Å². The fourth-order valence-electron chi connectivity index (χ4n) is 3.11. The normalized spacial score (nSPS) is 11.2. The quantitative estimate of drug-likeness (QED) is 0.553. The molecule has 0 saturated heterocycles. The average Bonchev–Trinajstić information content (AvgIpc) is 3.22. The van der Waals surface area contributed by atoms with Crippen LogP contribution in [0.4, 0.5) is 5.69 Å². The first-order valence-electron chi connectivity index (χ1n) is 9.06. The van der Waals surface area contributed by atoms with Crippen molar-refractivity contribution < 1.29 is 4.79 Å². The fraction of sp³-hybridized carbons (Fsp3) is 0.143. The van der Waals surface area contributed by atoms with Gasteiger partial charge in [-0.05, 0) is 38.1 Å². The Morgan fingerprint density at radius 1 is 1.14 bits per heavy atom. The van der Waals surface area contributed by atoms with Crippen molar-refractivity contribution in [3.05, 3.63) is 82.3 Å². The molecule has 0 spiro atoms. The van der Waals surface area contributed by atoms with Gasteiger partial charge >= 0.3 is 0 Å². The van der Waals surface area contributed by atoms with Crippen LogP contribution in [0.3, 0.4) is 0 Å². The lowest BCUT2D eigenvalue weighted by Gasteiger charge is -2.14. The third-order valence-electron chi connectivity index (χ3n) is 4.52. The van der Waals surface area contributed by atoms with E-state index in [1.165, 1.54) is 4.68 Å². The van der Waals surface area contributed by atoms with Gasteiger partial charge in [-0.1, -0.05) is 29.8 Å². The maximum absolute atomic E-state index is 13.0. The summed E-state index contributed by atoms with van der Waals surface area (Å²) in [5.41, 5.74) is 1.24. The molecular formula is C21H18ClN5O2. The minimum Gasteiger partial charge on any atom is -0.321 e. The molecule has 4 aromatic rings. The predicted octanol–water partition coefficient (Wildman–Crippen LogP) is 4.07. The first-order chi connectivity index (χ1) is 14.0. The van der Waals surface area contributed by atoms with E-state index in [-0.39, 0.29) is 17.3 Å². The number of hydrogen-bond acceptors (Lipinski definition) is 4. The van der Waals surface area contributed by atoms with Gasteiger partial charge in [0, 0.05) is 23.5 Å². The van der Waals surface area contributed by atoms with E-state index < -0.39 is 5.91 Å². The summed E-state index contributed by atoms with van der Waals surface area (Å²) in [5, 5.41) is 8.57. The summed E-state index contributed by atoms with van der Waals surface area (Å²) < 4.78 is 3.11. The maximum atomic E-state index is 13.0. The molecule has 0 aliphatic rings. The third-order valence-corrected chi connectivity index (χ3v) is 4.82. The highest BCUT2D eigenvalue weighted by atomic mass is 35.5. The van der Waals surface area contributed by atoms with E-state index >= 15 is 0 Å². The lowest BCUT2D eigenvalue weighted by Crippen LogP contribution is -2.28. The van der Waals surface area contributed by atoms with Crippen LogP contribution in [0, 0.1) is 0 Å². The second-order valence-electron chi connectivity index (χ2n) is 6.83. The summed E-state index contributed by atoms with van der Waals surface area (Å²) >= 11 is 6.37. The first-order valence-corrected chi connectivity index (χ1v) is 9.44. The minimum absolute atomic E-state index is 0.178. The summed E-state index contributed by atoms with van der Waals surface area (Å²) in [6, 6.07) is 12.0. The monoisotopic (exact) mass is 407 g/mol. The second kappa shape index (κ2) is 7.52. The van der Waals surface area contributed by atoms with Crippen LogP contribution in [0.25, 0.3) is 16.5 Å². The Balaban J connectivity index is 1.72. The van der Waals surface area contributed by atoms with Crippen LogP contribution in [-0.2, 0) is 0 Å². The minimum atomic E-state index is -0.415. The molecule has 0 aliphatic heterocycles. The van der Waals surface area contributed by atoms with Crippen LogP contribution in [-0.4, -0.2) is 25.2 Å². The molecule has 0 bridgehead atoms. The summed E-state index contributed by atoms with van der Waals surface area (Å²) in [5.74, 6) is -0.415. The molecule has 2 aromatic heterocycles. The van der Waals surface area contributed by atoms with Crippen molar-refractivity contribution in [3.63, 3.8) is 0 Å². The van der Waals surface area contributed by atoms with Gasteiger partial charge in [-0.3, -0.25) is 9.59 Å². The third kappa shape index (κ3) is 3.52. The summed E-state index contributed by atoms with van der Waals surface area (Å²) in [6.45, 7) is 3.69. The summed E-state index contributed by atoms with van der Waals surface area (Å²) in [7, 11) is 0. The molecule has 29 heavy (non-hydrogen) atoms. The van der Waals surface area contributed by atoms with Crippen molar-refractivity contribution in [1.82, 2.24) is 19.3 Å². The number of anilines is 1. The van der Waals surface area contributed by atoms with Gasteiger partial charge in [-0.15, -0.1) is 0 Å². The van der Waals surface area contributed by atoms with Crippen LogP contribution >= 0.6 is 11.6 Å². The van der Waals surface area contributed by atoms with E-state index in [1.54, 1.807) is 65.8 Å². The number of imidazole rings is 1. The zero-order chi connectivity index (χ0) is 20.5. The maximum Gasteiger partial charge on any atom is 0.276 e. The smallest absolute Gasteiger partial charge is 0.276 e. The van der Waals surface area contributed by atoms with Crippen molar-refractivity contribution in [2.24, 2.45) is 0 Å². The standard InChI is InChI=1S/C21H18ClN5O2/c1-13(2)27-21(29)16-6-4-3-5-15(16)19(25-27)20(28)24-14-7-8-18(17(22)11-14)26-10-9-23-12-26/h3-13H,1-2H3,(H,24,28). The van der Waals surface area contributed by atoms with Crippen LogP contribution in [0.5, 0.6) is 0 Å². The molecule has 0 atom stereocenters. The predicted molar refractivity (Wildman–Crippen MR) is 113 cm³/mol. The number of carbonyl (C=O) groups excluding carboxylic acids is 1. The van der Waals surface area contributed by atoms with Gasteiger partial charge in [0.25, 0.3) is 11.5 Å². The number of rotatable bonds is 4. The molecule has 146 valence electrons. The van der Waals surface area contributed by atoms with Gasteiger partial charge in [0.15, 0.2) is 5.69 Å². The Hall–Kier alpha value is -3.45. The molecule has 0 radical (unpaired) electrons. The van der Waals surface area contributed by atoms with E-state index in [4.69, 9.17) is 11.6 Å². The Kier molecular flexibility index (Phi) is 4.90. The number of benzene rings is 2. The molecule has 4 rings (SSSR count). The number of hydrogen-bond donors (Lipinski definition) is 1. The molecule has 0 unspecified atom stereocenters. The van der Waals surface area contributed by atoms with Gasteiger partial charge < -0.3 is 9.88 Å². The van der Waals surface area contributed by atoms with Gasteiger partial charge in [0.05, 0.1) is 28.5 Å². The summed E-state index contributed by atoms with van der Waals surface area (Å²) in [6.07, 6.45) is 5.09. The molecule has 2 heterocycles. The highest BCUT2D eigenvalue weighted by Gasteiger charge is 2.18. The number of halogens is 1. The fourth-order valence-corrected chi connectivity index (χ4v) is 3.39. The Morgan fingerprint density at radius 3 is 2.55 bits per heavy atom. The Labute approximate surface area is 171 Å². The largest absolute Gasteiger partial charge is 0.321 e. The number of nitrogens with one attached hydrogen (secondary N) is 1. The van der Waals surface area contributed by atoms with Gasteiger partial charge in [0.2, 0.25) is 0 Å². The van der Waals surface area contributed by atoms with E-state index in [2.05, 4.69) is 15.4 Å². The number of fused-ring (bicyclic) bond motifs is 1. The van der Waals surface area contributed by atoms with Gasteiger partial charge in [0.1, 0.15) is 0 Å². The molecule has 1 amide bonds. The molecule has 0 fully saturated rings. The number of aromatic nitrogens is 4. The molecule has 1 N–H and O–H groups in total. The topological polar surface area (TPSA) is 81.8 Å². The van der Waals surface area contributed by atoms with Crippen LogP contribution in [0.1, 0.15) is 30.4 Å². The van der Waals surface area contributed by atoms with Gasteiger partial charge in [-0.25, -0.2) is 9.67 Å². The van der Waals surface area contributed by atoms with E-state index in [9.17, 15) is 9.59 Å². The summed E-state index contributed by atoms with van der Waals surface area (Å²) in [4.78, 5) is 29.6. The lowest BCUT2D eigenvalue weighted by atomic mass is 10.1. The molecule has 0 saturated carbocycles. The Bertz CT molecular complexity index is 1260. The van der Waals surface area contributed by atoms with Crippen molar-refractivity contribution in [3.8, 4) is 5.69 Å². The van der Waals surface area contributed by atoms with Gasteiger partial charge in [-0.2, -0.15) is 5.10 Å². The van der Waals surface area contributed by atoms with Crippen molar-refractivity contribution in [1.29, 1.82) is 0 Å². The molecule has 2 aromatic carbocycles. The number of nitrogens with zero attached hydrogens (tertiary/aromatic N) is 4.